The van der Waals surface area contributed by atoms with Gasteiger partial charge in [0, 0.05) is 10.6 Å². The van der Waals surface area contributed by atoms with Crippen LogP contribution in [0.4, 0.5) is 0 Å². The van der Waals surface area contributed by atoms with Gasteiger partial charge in [-0.25, -0.2) is 0 Å². The lowest BCUT2D eigenvalue weighted by Gasteiger charge is -2.06. The van der Waals surface area contributed by atoms with Gasteiger partial charge in [-0.15, -0.1) is 11.8 Å². The van der Waals surface area contributed by atoms with Crippen molar-refractivity contribution in [1.29, 1.82) is 0 Å². The fourth-order valence-electron chi connectivity index (χ4n) is 1.11. The average Bonchev–Trinajstić information content (AvgIpc) is 2.26. The minimum atomic E-state index is -0.729. The lowest BCUT2D eigenvalue weighted by atomic mass is 10.2. The van der Waals surface area contributed by atoms with Gasteiger partial charge in [-0.05, 0) is 24.1 Å². The molecule has 0 saturated heterocycles. The fourth-order valence-corrected chi connectivity index (χ4v) is 2.03. The van der Waals surface area contributed by atoms with Crippen LogP contribution in [-0.2, 0) is 11.2 Å². The lowest BCUT2D eigenvalue weighted by Crippen LogP contribution is -2.11. The van der Waals surface area contributed by atoms with E-state index < -0.39 is 5.97 Å². The van der Waals surface area contributed by atoms with E-state index in [1.54, 1.807) is 18.7 Å². The second-order valence-electron chi connectivity index (χ2n) is 3.55. The van der Waals surface area contributed by atoms with Crippen molar-refractivity contribution in [3.63, 3.8) is 0 Å². The van der Waals surface area contributed by atoms with E-state index in [9.17, 15) is 4.79 Å². The van der Waals surface area contributed by atoms with Gasteiger partial charge in [0.25, 0.3) is 0 Å². The molecule has 15 heavy (non-hydrogen) atoms. The van der Waals surface area contributed by atoms with Crippen LogP contribution in [0.3, 0.4) is 0 Å². The van der Waals surface area contributed by atoms with Gasteiger partial charge in [0.1, 0.15) is 0 Å². The summed E-state index contributed by atoms with van der Waals surface area (Å²) < 4.78 is 0. The van der Waals surface area contributed by atoms with E-state index in [4.69, 9.17) is 5.11 Å². The van der Waals surface area contributed by atoms with Crippen LogP contribution in [0.5, 0.6) is 0 Å². The zero-order chi connectivity index (χ0) is 11.3. The number of thioether (sulfide) groups is 1. The number of aryl methyl sites for hydroxylation is 1. The van der Waals surface area contributed by atoms with Gasteiger partial charge in [-0.2, -0.15) is 0 Å². The molecule has 1 aromatic carbocycles. The Bertz CT molecular complexity index is 319. The second kappa shape index (κ2) is 5.81. The largest absolute Gasteiger partial charge is 0.481 e. The summed E-state index contributed by atoms with van der Waals surface area (Å²) in [5.41, 5.74) is 1.31. The van der Waals surface area contributed by atoms with Crippen LogP contribution in [0.2, 0.25) is 0 Å². The van der Waals surface area contributed by atoms with E-state index in [2.05, 4.69) is 31.2 Å². The molecule has 0 aromatic heterocycles. The van der Waals surface area contributed by atoms with Crippen LogP contribution in [0, 0.1) is 5.92 Å². The predicted molar refractivity (Wildman–Crippen MR) is 63.3 cm³/mol. The Labute approximate surface area is 94.7 Å². The summed E-state index contributed by atoms with van der Waals surface area (Å²) in [5.74, 6) is -0.394. The van der Waals surface area contributed by atoms with Crippen molar-refractivity contribution in [2.45, 2.75) is 25.2 Å². The SMILES string of the molecule is CCc1ccc(SCC(C)C(=O)O)cc1. The number of benzene rings is 1. The molecule has 0 aliphatic rings. The molecule has 1 N–H and O–H groups in total. The minimum Gasteiger partial charge on any atom is -0.481 e. The van der Waals surface area contributed by atoms with Crippen molar-refractivity contribution < 1.29 is 9.90 Å². The smallest absolute Gasteiger partial charge is 0.307 e. The quantitative estimate of drug-likeness (QED) is 0.781. The van der Waals surface area contributed by atoms with Crippen LogP contribution < -0.4 is 0 Å². The van der Waals surface area contributed by atoms with Gasteiger partial charge in [0.2, 0.25) is 0 Å². The highest BCUT2D eigenvalue weighted by Crippen LogP contribution is 2.21. The van der Waals surface area contributed by atoms with E-state index in [1.165, 1.54) is 5.56 Å². The highest BCUT2D eigenvalue weighted by molar-refractivity contribution is 7.99. The maximum atomic E-state index is 10.6. The first-order valence-corrected chi connectivity index (χ1v) is 6.06. The molecule has 0 saturated carbocycles. The molecule has 0 amide bonds. The summed E-state index contributed by atoms with van der Waals surface area (Å²) in [7, 11) is 0. The van der Waals surface area contributed by atoms with Gasteiger partial charge in [-0.1, -0.05) is 26.0 Å². The number of carbonyl (C=O) groups is 1. The Hall–Kier alpha value is -0.960. The molecule has 0 radical (unpaired) electrons. The molecule has 1 unspecified atom stereocenters. The van der Waals surface area contributed by atoms with E-state index in [1.807, 2.05) is 0 Å². The first kappa shape index (κ1) is 12.1. The van der Waals surface area contributed by atoms with Crippen LogP contribution in [0.25, 0.3) is 0 Å². The van der Waals surface area contributed by atoms with Crippen LogP contribution in [0.15, 0.2) is 29.2 Å². The van der Waals surface area contributed by atoms with Crippen LogP contribution in [0.1, 0.15) is 19.4 Å². The van der Waals surface area contributed by atoms with E-state index in [0.29, 0.717) is 5.75 Å². The molecule has 0 aliphatic carbocycles. The summed E-state index contributed by atoms with van der Waals surface area (Å²) >= 11 is 1.60. The summed E-state index contributed by atoms with van der Waals surface area (Å²) in [6.07, 6.45) is 1.04. The summed E-state index contributed by atoms with van der Waals surface area (Å²) in [6, 6.07) is 8.29. The number of hydrogen-bond acceptors (Lipinski definition) is 2. The Morgan fingerprint density at radius 3 is 2.47 bits per heavy atom. The molecule has 1 atom stereocenters. The number of carboxylic acids is 1. The summed E-state index contributed by atoms with van der Waals surface area (Å²) in [5, 5.41) is 8.73. The Kier molecular flexibility index (Phi) is 4.69. The monoisotopic (exact) mass is 224 g/mol. The molecule has 0 spiro atoms. The van der Waals surface area contributed by atoms with Crippen molar-refractivity contribution in [1.82, 2.24) is 0 Å². The van der Waals surface area contributed by atoms with E-state index in [-0.39, 0.29) is 5.92 Å². The van der Waals surface area contributed by atoms with Gasteiger partial charge < -0.3 is 5.11 Å². The topological polar surface area (TPSA) is 37.3 Å². The minimum absolute atomic E-state index is 0.291. The first-order chi connectivity index (χ1) is 7.13. The number of hydrogen-bond donors (Lipinski definition) is 1. The molecule has 0 heterocycles. The zero-order valence-electron chi connectivity index (χ0n) is 9.06. The predicted octanol–water partition coefficient (Wildman–Crippen LogP) is 3.06. The molecule has 0 bridgehead atoms. The molecule has 2 nitrogen and oxygen atoms in total. The van der Waals surface area contributed by atoms with Gasteiger partial charge in [-0.3, -0.25) is 4.79 Å². The Morgan fingerprint density at radius 1 is 1.40 bits per heavy atom. The number of aliphatic carboxylic acids is 1. The molecular weight excluding hydrogens is 208 g/mol. The third-order valence-electron chi connectivity index (χ3n) is 2.25. The molecule has 0 aliphatic heterocycles. The average molecular weight is 224 g/mol. The maximum absolute atomic E-state index is 10.6. The standard InChI is InChI=1S/C12H16O2S/c1-3-10-4-6-11(7-5-10)15-8-9(2)12(13)14/h4-7,9H,3,8H2,1-2H3,(H,13,14). The summed E-state index contributed by atoms with van der Waals surface area (Å²) in [6.45, 7) is 3.85. The molecule has 3 heteroatoms. The number of carboxylic acid groups (broad SMARTS) is 1. The van der Waals surface area contributed by atoms with Gasteiger partial charge in [0.15, 0.2) is 0 Å². The molecule has 1 rings (SSSR count). The van der Waals surface area contributed by atoms with Crippen LogP contribution >= 0.6 is 11.8 Å². The van der Waals surface area contributed by atoms with Crippen molar-refractivity contribution in [2.24, 2.45) is 5.92 Å². The molecule has 0 fully saturated rings. The fraction of sp³-hybridized carbons (Fsp3) is 0.417. The van der Waals surface area contributed by atoms with Crippen LogP contribution in [-0.4, -0.2) is 16.8 Å². The Morgan fingerprint density at radius 2 is 2.00 bits per heavy atom. The second-order valence-corrected chi connectivity index (χ2v) is 4.64. The highest BCUT2D eigenvalue weighted by Gasteiger charge is 2.10. The van der Waals surface area contributed by atoms with E-state index in [0.717, 1.165) is 11.3 Å². The summed E-state index contributed by atoms with van der Waals surface area (Å²) in [4.78, 5) is 11.7. The zero-order valence-corrected chi connectivity index (χ0v) is 9.88. The first-order valence-electron chi connectivity index (χ1n) is 5.08. The third-order valence-corrected chi connectivity index (χ3v) is 3.53. The van der Waals surface area contributed by atoms with Gasteiger partial charge >= 0.3 is 5.97 Å². The normalized spacial score (nSPS) is 12.4. The lowest BCUT2D eigenvalue weighted by molar-refractivity contribution is -0.140. The van der Waals surface area contributed by atoms with Crippen molar-refractivity contribution in [3.05, 3.63) is 29.8 Å². The maximum Gasteiger partial charge on any atom is 0.307 e. The van der Waals surface area contributed by atoms with E-state index >= 15 is 0 Å². The van der Waals surface area contributed by atoms with Crippen molar-refractivity contribution >= 4 is 17.7 Å². The van der Waals surface area contributed by atoms with Crippen molar-refractivity contribution in [3.8, 4) is 0 Å². The highest BCUT2D eigenvalue weighted by atomic mass is 32.2. The molecular formula is C12H16O2S. The third kappa shape index (κ3) is 3.96. The van der Waals surface area contributed by atoms with Crippen molar-refractivity contribution in [2.75, 3.05) is 5.75 Å². The Balaban J connectivity index is 2.47. The number of rotatable bonds is 5. The molecule has 1 aromatic rings. The van der Waals surface area contributed by atoms with Gasteiger partial charge in [0.05, 0.1) is 5.92 Å². The molecule has 82 valence electrons.